The number of Topliss-reactive ketones (excluding diaryl/α,β-unsaturated/α-hetero) is 1. The molecule has 4 nitrogen and oxygen atoms in total. The van der Waals surface area contributed by atoms with Crippen LogP contribution in [0.2, 0.25) is 0 Å². The first-order chi connectivity index (χ1) is 9.51. The average Bonchev–Trinajstić information content (AvgIpc) is 2.42. The number of carbonyl (C=O) groups is 1. The predicted octanol–water partition coefficient (Wildman–Crippen LogP) is 1.92. The van der Waals surface area contributed by atoms with Crippen molar-refractivity contribution >= 4 is 5.78 Å². The highest BCUT2D eigenvalue weighted by Crippen LogP contribution is 2.40. The van der Waals surface area contributed by atoms with Gasteiger partial charge in [-0.05, 0) is 32.1 Å². The molecule has 1 saturated heterocycles. The van der Waals surface area contributed by atoms with Gasteiger partial charge in [-0.25, -0.2) is 0 Å². The fourth-order valence-electron chi connectivity index (χ4n) is 4.06. The van der Waals surface area contributed by atoms with Gasteiger partial charge in [-0.2, -0.15) is 0 Å². The lowest BCUT2D eigenvalue weighted by molar-refractivity contribution is -0.200. The van der Waals surface area contributed by atoms with Crippen molar-refractivity contribution in [1.29, 1.82) is 0 Å². The van der Waals surface area contributed by atoms with Gasteiger partial charge in [0, 0.05) is 11.8 Å². The van der Waals surface area contributed by atoms with Crippen LogP contribution in [0.4, 0.5) is 0 Å². The van der Waals surface area contributed by atoms with E-state index in [-0.39, 0.29) is 23.7 Å². The second-order valence-corrected chi connectivity index (χ2v) is 6.43. The maximum Gasteiger partial charge on any atom is 0.144 e. The van der Waals surface area contributed by atoms with E-state index in [9.17, 15) is 15.0 Å². The highest BCUT2D eigenvalue weighted by atomic mass is 16.5. The van der Waals surface area contributed by atoms with Gasteiger partial charge in [-0.3, -0.25) is 4.79 Å². The normalized spacial score (nSPS) is 43.1. The van der Waals surface area contributed by atoms with Gasteiger partial charge in [-0.1, -0.05) is 26.7 Å². The molecule has 1 aliphatic heterocycles. The Balaban J connectivity index is 2.17. The standard InChI is InChI=1S/C16H28O4/c1-4-6-10(5-2)13-9(3)20-16-11(14(13)18)7-8-12(17)15(16)19/h9-13,15-17,19H,4-8H2,1-3H3. The second kappa shape index (κ2) is 6.54. The molecule has 20 heavy (non-hydrogen) atoms. The van der Waals surface area contributed by atoms with Gasteiger partial charge in [0.1, 0.15) is 11.9 Å². The quantitative estimate of drug-likeness (QED) is 0.827. The van der Waals surface area contributed by atoms with Gasteiger partial charge >= 0.3 is 0 Å². The van der Waals surface area contributed by atoms with Crippen molar-refractivity contribution in [3.8, 4) is 0 Å². The first kappa shape index (κ1) is 15.9. The van der Waals surface area contributed by atoms with E-state index in [0.29, 0.717) is 18.8 Å². The molecule has 116 valence electrons. The largest absolute Gasteiger partial charge is 0.390 e. The molecule has 2 rings (SSSR count). The van der Waals surface area contributed by atoms with Crippen LogP contribution < -0.4 is 0 Å². The van der Waals surface area contributed by atoms with Crippen LogP contribution in [0.15, 0.2) is 0 Å². The van der Waals surface area contributed by atoms with E-state index in [2.05, 4.69) is 13.8 Å². The number of ketones is 1. The molecule has 0 radical (unpaired) electrons. The smallest absolute Gasteiger partial charge is 0.144 e. The van der Waals surface area contributed by atoms with Crippen molar-refractivity contribution < 1.29 is 19.7 Å². The Morgan fingerprint density at radius 1 is 1.30 bits per heavy atom. The van der Waals surface area contributed by atoms with E-state index in [4.69, 9.17) is 4.74 Å². The monoisotopic (exact) mass is 284 g/mol. The lowest BCUT2D eigenvalue weighted by Crippen LogP contribution is -2.58. The Bertz CT molecular complexity index is 343. The highest BCUT2D eigenvalue weighted by molar-refractivity contribution is 5.85. The zero-order valence-electron chi connectivity index (χ0n) is 12.8. The molecular weight excluding hydrogens is 256 g/mol. The maximum absolute atomic E-state index is 12.8. The van der Waals surface area contributed by atoms with E-state index in [0.717, 1.165) is 19.3 Å². The highest BCUT2D eigenvalue weighted by Gasteiger charge is 2.50. The van der Waals surface area contributed by atoms with Crippen molar-refractivity contribution in [2.24, 2.45) is 17.8 Å². The molecule has 0 spiro atoms. The minimum Gasteiger partial charge on any atom is -0.390 e. The van der Waals surface area contributed by atoms with Crippen LogP contribution in [0.3, 0.4) is 0 Å². The molecule has 2 N–H and O–H groups in total. The average molecular weight is 284 g/mol. The molecule has 4 heteroatoms. The van der Waals surface area contributed by atoms with Crippen LogP contribution in [-0.2, 0) is 9.53 Å². The zero-order chi connectivity index (χ0) is 14.9. The lowest BCUT2D eigenvalue weighted by atomic mass is 9.69. The van der Waals surface area contributed by atoms with Crippen LogP contribution in [0.25, 0.3) is 0 Å². The maximum atomic E-state index is 12.8. The molecule has 7 unspecified atom stereocenters. The van der Waals surface area contributed by atoms with Gasteiger partial charge in [-0.15, -0.1) is 0 Å². The van der Waals surface area contributed by atoms with E-state index in [1.807, 2.05) is 6.92 Å². The summed E-state index contributed by atoms with van der Waals surface area (Å²) >= 11 is 0. The van der Waals surface area contributed by atoms with Gasteiger partial charge in [0.05, 0.1) is 18.3 Å². The van der Waals surface area contributed by atoms with Crippen molar-refractivity contribution in [2.45, 2.75) is 77.3 Å². The van der Waals surface area contributed by atoms with E-state index in [1.54, 1.807) is 0 Å². The van der Waals surface area contributed by atoms with E-state index < -0.39 is 18.3 Å². The minimum atomic E-state index is -0.924. The Labute approximate surface area is 121 Å². The summed E-state index contributed by atoms with van der Waals surface area (Å²) in [5.41, 5.74) is 0. The third kappa shape index (κ3) is 2.78. The third-order valence-electron chi connectivity index (χ3n) is 5.16. The lowest BCUT2D eigenvalue weighted by Gasteiger charge is -2.47. The van der Waals surface area contributed by atoms with Gasteiger partial charge in [0.25, 0.3) is 0 Å². The summed E-state index contributed by atoms with van der Waals surface area (Å²) in [5.74, 6) is 0.330. The summed E-state index contributed by atoms with van der Waals surface area (Å²) in [5, 5.41) is 19.8. The first-order valence-electron chi connectivity index (χ1n) is 8.06. The zero-order valence-corrected chi connectivity index (χ0v) is 12.8. The SMILES string of the molecule is CCCC(CC)C1C(=O)C2CCC(O)C(O)C2OC1C. The topological polar surface area (TPSA) is 66.8 Å². The molecule has 0 amide bonds. The molecule has 0 bridgehead atoms. The van der Waals surface area contributed by atoms with E-state index >= 15 is 0 Å². The Morgan fingerprint density at radius 2 is 2.00 bits per heavy atom. The van der Waals surface area contributed by atoms with Crippen molar-refractivity contribution in [3.63, 3.8) is 0 Å². The number of hydrogen-bond acceptors (Lipinski definition) is 4. The summed E-state index contributed by atoms with van der Waals surface area (Å²) in [6, 6.07) is 0. The minimum absolute atomic E-state index is 0.0522. The number of rotatable bonds is 4. The Morgan fingerprint density at radius 3 is 2.60 bits per heavy atom. The molecule has 0 aromatic rings. The van der Waals surface area contributed by atoms with Crippen LogP contribution in [0.1, 0.15) is 52.9 Å². The number of ether oxygens (including phenoxy) is 1. The first-order valence-corrected chi connectivity index (χ1v) is 8.06. The number of aliphatic hydroxyl groups excluding tert-OH is 2. The number of aliphatic hydroxyl groups is 2. The molecule has 2 aliphatic rings. The summed E-state index contributed by atoms with van der Waals surface area (Å²) in [7, 11) is 0. The third-order valence-corrected chi connectivity index (χ3v) is 5.16. The van der Waals surface area contributed by atoms with Crippen molar-refractivity contribution in [1.82, 2.24) is 0 Å². The Kier molecular flexibility index (Phi) is 5.21. The van der Waals surface area contributed by atoms with E-state index in [1.165, 1.54) is 0 Å². The molecule has 1 saturated carbocycles. The molecule has 1 aliphatic carbocycles. The van der Waals surface area contributed by atoms with Gasteiger partial charge in [0.2, 0.25) is 0 Å². The fraction of sp³-hybridized carbons (Fsp3) is 0.938. The fourth-order valence-corrected chi connectivity index (χ4v) is 4.06. The summed E-state index contributed by atoms with van der Waals surface area (Å²) in [6.07, 6.45) is 1.86. The van der Waals surface area contributed by atoms with Crippen LogP contribution in [0, 0.1) is 17.8 Å². The Hall–Kier alpha value is -0.450. The van der Waals surface area contributed by atoms with Gasteiger partial charge in [0.15, 0.2) is 0 Å². The van der Waals surface area contributed by atoms with Crippen LogP contribution >= 0.6 is 0 Å². The predicted molar refractivity (Wildman–Crippen MR) is 76.3 cm³/mol. The number of hydrogen-bond donors (Lipinski definition) is 2. The van der Waals surface area contributed by atoms with Crippen LogP contribution in [-0.4, -0.2) is 40.4 Å². The van der Waals surface area contributed by atoms with Crippen molar-refractivity contribution in [3.05, 3.63) is 0 Å². The molecule has 0 aromatic carbocycles. The summed E-state index contributed by atoms with van der Waals surface area (Å²) in [6.45, 7) is 6.21. The number of carbonyl (C=O) groups excluding carboxylic acids is 1. The number of fused-ring (bicyclic) bond motifs is 1. The molecule has 7 atom stereocenters. The van der Waals surface area contributed by atoms with Crippen molar-refractivity contribution in [2.75, 3.05) is 0 Å². The molecule has 0 aromatic heterocycles. The van der Waals surface area contributed by atoms with Gasteiger partial charge < -0.3 is 14.9 Å². The molecule has 1 heterocycles. The second-order valence-electron chi connectivity index (χ2n) is 6.43. The van der Waals surface area contributed by atoms with Crippen LogP contribution in [0.5, 0.6) is 0 Å². The molecular formula is C16H28O4. The summed E-state index contributed by atoms with van der Waals surface area (Å²) < 4.78 is 5.95. The molecule has 2 fully saturated rings. The summed E-state index contributed by atoms with van der Waals surface area (Å²) in [4.78, 5) is 12.8.